The van der Waals surface area contributed by atoms with Crippen molar-refractivity contribution in [3.63, 3.8) is 0 Å². The summed E-state index contributed by atoms with van der Waals surface area (Å²) in [6, 6.07) is 15.5. The standard InChI is InChI=1S/C20H18N4O2/c1-13-20(14-5-3-2-4-6-14)26-19(22-13)10-9-18(25)23-16-8-7-15-12-21-24-17(15)11-16/h2-8,11-12H,9-10H2,1H3,(H,21,24)(H,23,25). The molecule has 0 atom stereocenters. The zero-order valence-corrected chi connectivity index (χ0v) is 14.3. The summed E-state index contributed by atoms with van der Waals surface area (Å²) in [4.78, 5) is 16.7. The fourth-order valence-electron chi connectivity index (χ4n) is 2.88. The number of aromatic nitrogens is 3. The second-order valence-corrected chi connectivity index (χ2v) is 6.11. The van der Waals surface area contributed by atoms with Gasteiger partial charge in [0.25, 0.3) is 0 Å². The molecule has 0 unspecified atom stereocenters. The van der Waals surface area contributed by atoms with E-state index in [1.54, 1.807) is 6.20 Å². The first-order chi connectivity index (χ1) is 12.7. The van der Waals surface area contributed by atoms with Crippen molar-refractivity contribution in [2.45, 2.75) is 19.8 Å². The third kappa shape index (κ3) is 3.35. The van der Waals surface area contributed by atoms with Gasteiger partial charge in [0, 0.05) is 29.5 Å². The molecule has 2 N–H and O–H groups in total. The molecule has 4 aromatic rings. The lowest BCUT2D eigenvalue weighted by atomic mass is 10.1. The van der Waals surface area contributed by atoms with Crippen LogP contribution in [0.2, 0.25) is 0 Å². The minimum atomic E-state index is -0.0824. The summed E-state index contributed by atoms with van der Waals surface area (Å²) in [5.74, 6) is 1.24. The van der Waals surface area contributed by atoms with Crippen molar-refractivity contribution in [1.82, 2.24) is 15.2 Å². The second-order valence-electron chi connectivity index (χ2n) is 6.11. The van der Waals surface area contributed by atoms with Crippen LogP contribution in [0.15, 0.2) is 59.1 Å². The smallest absolute Gasteiger partial charge is 0.224 e. The fourth-order valence-corrected chi connectivity index (χ4v) is 2.88. The van der Waals surface area contributed by atoms with E-state index in [-0.39, 0.29) is 5.91 Å². The van der Waals surface area contributed by atoms with Crippen LogP contribution >= 0.6 is 0 Å². The van der Waals surface area contributed by atoms with Crippen LogP contribution in [0.4, 0.5) is 5.69 Å². The molecule has 2 heterocycles. The van der Waals surface area contributed by atoms with Gasteiger partial charge in [0.05, 0.1) is 17.4 Å². The zero-order chi connectivity index (χ0) is 17.9. The van der Waals surface area contributed by atoms with Crippen LogP contribution in [-0.2, 0) is 11.2 Å². The number of carbonyl (C=O) groups is 1. The van der Waals surface area contributed by atoms with Gasteiger partial charge in [-0.1, -0.05) is 30.3 Å². The number of nitrogens with one attached hydrogen (secondary N) is 2. The summed E-state index contributed by atoms with van der Waals surface area (Å²) < 4.78 is 5.84. The largest absolute Gasteiger partial charge is 0.440 e. The third-order valence-corrected chi connectivity index (χ3v) is 4.17. The van der Waals surface area contributed by atoms with E-state index in [1.807, 2.05) is 55.5 Å². The Morgan fingerprint density at radius 1 is 1.19 bits per heavy atom. The average molecular weight is 346 g/mol. The number of benzene rings is 2. The maximum absolute atomic E-state index is 12.2. The average Bonchev–Trinajstić information content (AvgIpc) is 3.26. The number of hydrogen-bond acceptors (Lipinski definition) is 4. The zero-order valence-electron chi connectivity index (χ0n) is 14.3. The van der Waals surface area contributed by atoms with Gasteiger partial charge in [-0.3, -0.25) is 9.89 Å². The van der Waals surface area contributed by atoms with Crippen molar-refractivity contribution in [1.29, 1.82) is 0 Å². The summed E-state index contributed by atoms with van der Waals surface area (Å²) in [6.07, 6.45) is 2.50. The molecule has 0 aliphatic heterocycles. The molecule has 0 aliphatic carbocycles. The molecule has 2 aromatic carbocycles. The number of hydrogen-bond donors (Lipinski definition) is 2. The van der Waals surface area contributed by atoms with Crippen molar-refractivity contribution in [3.8, 4) is 11.3 Å². The highest BCUT2D eigenvalue weighted by atomic mass is 16.4. The van der Waals surface area contributed by atoms with Gasteiger partial charge in [-0.25, -0.2) is 4.98 Å². The molecular formula is C20H18N4O2. The molecule has 0 radical (unpaired) electrons. The first-order valence-corrected chi connectivity index (χ1v) is 8.44. The van der Waals surface area contributed by atoms with Crippen molar-refractivity contribution < 1.29 is 9.21 Å². The van der Waals surface area contributed by atoms with E-state index in [1.165, 1.54) is 0 Å². The summed E-state index contributed by atoms with van der Waals surface area (Å²) in [6.45, 7) is 1.91. The van der Waals surface area contributed by atoms with Gasteiger partial charge in [0.2, 0.25) is 5.91 Å². The number of aromatic amines is 1. The lowest BCUT2D eigenvalue weighted by Gasteiger charge is -2.04. The first-order valence-electron chi connectivity index (χ1n) is 8.44. The van der Waals surface area contributed by atoms with Crippen LogP contribution in [0.1, 0.15) is 18.0 Å². The summed E-state index contributed by atoms with van der Waals surface area (Å²) in [7, 11) is 0. The number of anilines is 1. The summed E-state index contributed by atoms with van der Waals surface area (Å²) >= 11 is 0. The highest BCUT2D eigenvalue weighted by molar-refractivity contribution is 5.93. The van der Waals surface area contributed by atoms with Gasteiger partial charge in [0.15, 0.2) is 11.7 Å². The second kappa shape index (κ2) is 6.84. The summed E-state index contributed by atoms with van der Waals surface area (Å²) in [5, 5.41) is 10.8. The van der Waals surface area contributed by atoms with E-state index >= 15 is 0 Å². The highest BCUT2D eigenvalue weighted by Gasteiger charge is 2.13. The topological polar surface area (TPSA) is 83.8 Å². The molecule has 0 aliphatic rings. The number of fused-ring (bicyclic) bond motifs is 1. The van der Waals surface area contributed by atoms with Crippen molar-refractivity contribution in [3.05, 3.63) is 66.3 Å². The van der Waals surface area contributed by atoms with Gasteiger partial charge < -0.3 is 9.73 Å². The molecule has 6 nitrogen and oxygen atoms in total. The lowest BCUT2D eigenvalue weighted by Crippen LogP contribution is -2.12. The predicted octanol–water partition coefficient (Wildman–Crippen LogP) is 4.10. The summed E-state index contributed by atoms with van der Waals surface area (Å²) in [5.41, 5.74) is 3.44. The van der Waals surface area contributed by atoms with Crippen molar-refractivity contribution in [2.24, 2.45) is 0 Å². The minimum Gasteiger partial charge on any atom is -0.440 e. The quantitative estimate of drug-likeness (QED) is 0.570. The molecule has 130 valence electrons. The number of amides is 1. The molecule has 0 saturated carbocycles. The Bertz CT molecular complexity index is 1050. The Hall–Kier alpha value is -3.41. The minimum absolute atomic E-state index is 0.0824. The van der Waals surface area contributed by atoms with Crippen LogP contribution in [-0.4, -0.2) is 21.1 Å². The molecular weight excluding hydrogens is 328 g/mol. The number of rotatable bonds is 5. The third-order valence-electron chi connectivity index (χ3n) is 4.17. The van der Waals surface area contributed by atoms with E-state index in [0.717, 1.165) is 33.6 Å². The normalized spacial score (nSPS) is 11.0. The van der Waals surface area contributed by atoms with Crippen LogP contribution in [0.3, 0.4) is 0 Å². The number of nitrogens with zero attached hydrogens (tertiary/aromatic N) is 2. The molecule has 1 amide bonds. The molecule has 4 rings (SSSR count). The van der Waals surface area contributed by atoms with Crippen molar-refractivity contribution >= 4 is 22.5 Å². The molecule has 2 aromatic heterocycles. The van der Waals surface area contributed by atoms with Crippen LogP contribution in [0.25, 0.3) is 22.2 Å². The Morgan fingerprint density at radius 3 is 2.88 bits per heavy atom. The van der Waals surface area contributed by atoms with Crippen molar-refractivity contribution in [2.75, 3.05) is 5.32 Å². The Kier molecular flexibility index (Phi) is 4.23. The van der Waals surface area contributed by atoms with E-state index in [9.17, 15) is 4.79 Å². The van der Waals surface area contributed by atoms with E-state index in [0.29, 0.717) is 18.7 Å². The molecule has 0 spiro atoms. The lowest BCUT2D eigenvalue weighted by molar-refractivity contribution is -0.116. The number of carbonyl (C=O) groups excluding carboxylic acids is 1. The van der Waals surface area contributed by atoms with Crippen LogP contribution < -0.4 is 5.32 Å². The van der Waals surface area contributed by atoms with Gasteiger partial charge in [-0.2, -0.15) is 5.10 Å². The number of oxazole rings is 1. The van der Waals surface area contributed by atoms with Gasteiger partial charge in [-0.05, 0) is 25.1 Å². The molecule has 0 fully saturated rings. The predicted molar refractivity (Wildman–Crippen MR) is 99.7 cm³/mol. The van der Waals surface area contributed by atoms with Gasteiger partial charge >= 0.3 is 0 Å². The van der Waals surface area contributed by atoms with E-state index in [2.05, 4.69) is 20.5 Å². The van der Waals surface area contributed by atoms with Gasteiger partial charge in [-0.15, -0.1) is 0 Å². The molecule has 6 heteroatoms. The fraction of sp³-hybridized carbons (Fsp3) is 0.150. The van der Waals surface area contributed by atoms with Crippen LogP contribution in [0.5, 0.6) is 0 Å². The number of H-pyrrole nitrogens is 1. The maximum Gasteiger partial charge on any atom is 0.224 e. The van der Waals surface area contributed by atoms with E-state index < -0.39 is 0 Å². The van der Waals surface area contributed by atoms with Crippen LogP contribution in [0, 0.1) is 6.92 Å². The number of aryl methyl sites for hydroxylation is 2. The SMILES string of the molecule is Cc1nc(CCC(=O)Nc2ccc3cn[nH]c3c2)oc1-c1ccccc1. The first kappa shape index (κ1) is 16.1. The van der Waals surface area contributed by atoms with E-state index in [4.69, 9.17) is 4.42 Å². The maximum atomic E-state index is 12.2. The Labute approximate surface area is 150 Å². The Balaban J connectivity index is 1.40. The molecule has 0 bridgehead atoms. The Morgan fingerprint density at radius 2 is 2.04 bits per heavy atom. The monoisotopic (exact) mass is 346 g/mol. The van der Waals surface area contributed by atoms with Gasteiger partial charge in [0.1, 0.15) is 0 Å². The highest BCUT2D eigenvalue weighted by Crippen LogP contribution is 2.24. The molecule has 0 saturated heterocycles. The molecule has 26 heavy (non-hydrogen) atoms.